The molecular formula is C21H30BrN3O3Si. The predicted octanol–water partition coefficient (Wildman–Crippen LogP) is 5.43. The van der Waals surface area contributed by atoms with E-state index in [9.17, 15) is 4.79 Å². The third kappa shape index (κ3) is 6.17. The first kappa shape index (κ1) is 22.1. The molecule has 2 aromatic rings. The van der Waals surface area contributed by atoms with E-state index in [1.807, 2.05) is 46.0 Å². The molecule has 6 nitrogen and oxygen atoms in total. The SMILES string of the molecule is C[Si](C)(C)CCOCn1c([C@@H]2CCCN2C(=O)OCc2ccccc2)cnc1Br. The first-order valence-corrected chi connectivity index (χ1v) is 14.6. The monoisotopic (exact) mass is 479 g/mol. The molecule has 0 N–H and O–H groups in total. The Morgan fingerprint density at radius 2 is 2.03 bits per heavy atom. The molecule has 1 fully saturated rings. The number of imidazole rings is 1. The Kier molecular flexibility index (Phi) is 7.53. The molecule has 0 spiro atoms. The van der Waals surface area contributed by atoms with Crippen LogP contribution in [0, 0.1) is 0 Å². The lowest BCUT2D eigenvalue weighted by Crippen LogP contribution is -2.32. The van der Waals surface area contributed by atoms with Gasteiger partial charge in [-0.2, -0.15) is 0 Å². The standard InChI is InChI=1S/C21H30BrN3O3Si/c1-29(2,3)13-12-27-16-25-19(14-23-20(25)22)18-10-7-11-24(18)21(26)28-15-17-8-5-4-6-9-17/h4-6,8-9,14,18H,7,10-13,15-16H2,1-3H3/t18-/m0/s1. The summed E-state index contributed by atoms with van der Waals surface area (Å²) in [6, 6.07) is 10.8. The summed E-state index contributed by atoms with van der Waals surface area (Å²) in [4.78, 5) is 18.9. The van der Waals surface area contributed by atoms with Crippen molar-refractivity contribution in [1.82, 2.24) is 14.5 Å². The molecule has 29 heavy (non-hydrogen) atoms. The normalized spacial score (nSPS) is 17.0. The van der Waals surface area contributed by atoms with E-state index in [0.29, 0.717) is 13.3 Å². The Bertz CT molecular complexity index is 807. The maximum Gasteiger partial charge on any atom is 0.410 e. The van der Waals surface area contributed by atoms with Gasteiger partial charge in [-0.15, -0.1) is 0 Å². The van der Waals surface area contributed by atoms with E-state index in [4.69, 9.17) is 9.47 Å². The highest BCUT2D eigenvalue weighted by molar-refractivity contribution is 9.10. The van der Waals surface area contributed by atoms with Gasteiger partial charge in [-0.25, -0.2) is 9.78 Å². The van der Waals surface area contributed by atoms with Gasteiger partial charge in [-0.1, -0.05) is 50.0 Å². The number of aromatic nitrogens is 2. The van der Waals surface area contributed by atoms with Crippen LogP contribution >= 0.6 is 15.9 Å². The van der Waals surface area contributed by atoms with Crippen molar-refractivity contribution in [1.29, 1.82) is 0 Å². The van der Waals surface area contributed by atoms with Crippen molar-refractivity contribution >= 4 is 30.1 Å². The summed E-state index contributed by atoms with van der Waals surface area (Å²) in [6.07, 6.45) is 3.40. The number of halogens is 1. The number of likely N-dealkylation sites (tertiary alicyclic amines) is 1. The average molecular weight is 480 g/mol. The predicted molar refractivity (Wildman–Crippen MR) is 119 cm³/mol. The fourth-order valence-corrected chi connectivity index (χ4v) is 4.55. The Morgan fingerprint density at radius 1 is 1.28 bits per heavy atom. The van der Waals surface area contributed by atoms with Gasteiger partial charge in [0.05, 0.1) is 17.9 Å². The van der Waals surface area contributed by atoms with Gasteiger partial charge in [0.15, 0.2) is 4.73 Å². The number of amides is 1. The lowest BCUT2D eigenvalue weighted by molar-refractivity contribution is 0.0741. The minimum absolute atomic E-state index is 0.0438. The number of rotatable bonds is 8. The zero-order valence-corrected chi connectivity index (χ0v) is 20.0. The van der Waals surface area contributed by atoms with Crippen LogP contribution in [0.3, 0.4) is 0 Å². The van der Waals surface area contributed by atoms with E-state index >= 15 is 0 Å². The fraction of sp³-hybridized carbons (Fsp3) is 0.524. The molecular weight excluding hydrogens is 450 g/mol. The lowest BCUT2D eigenvalue weighted by atomic mass is 10.1. The molecule has 1 atom stereocenters. The van der Waals surface area contributed by atoms with Gasteiger partial charge in [0.25, 0.3) is 0 Å². The molecule has 1 aliphatic rings. The summed E-state index contributed by atoms with van der Waals surface area (Å²) in [5.41, 5.74) is 1.97. The highest BCUT2D eigenvalue weighted by atomic mass is 79.9. The van der Waals surface area contributed by atoms with E-state index < -0.39 is 8.07 Å². The van der Waals surface area contributed by atoms with Crippen LogP contribution in [0.5, 0.6) is 0 Å². The molecule has 2 heterocycles. The third-order valence-corrected chi connectivity index (χ3v) is 7.43. The van der Waals surface area contributed by atoms with Gasteiger partial charge in [0.1, 0.15) is 13.3 Å². The largest absolute Gasteiger partial charge is 0.445 e. The first-order chi connectivity index (χ1) is 13.8. The molecule has 8 heteroatoms. The summed E-state index contributed by atoms with van der Waals surface area (Å²) in [5, 5.41) is 0. The van der Waals surface area contributed by atoms with Crippen LogP contribution in [-0.2, 0) is 22.8 Å². The molecule has 3 rings (SSSR count). The zero-order chi connectivity index (χ0) is 20.9. The second kappa shape index (κ2) is 9.91. The highest BCUT2D eigenvalue weighted by Crippen LogP contribution is 2.34. The molecule has 158 valence electrons. The number of hydrogen-bond acceptors (Lipinski definition) is 4. The van der Waals surface area contributed by atoms with Crippen molar-refractivity contribution in [2.24, 2.45) is 0 Å². The maximum atomic E-state index is 12.7. The molecule has 0 unspecified atom stereocenters. The minimum atomic E-state index is -1.13. The summed E-state index contributed by atoms with van der Waals surface area (Å²) in [5.74, 6) is 0. The topological polar surface area (TPSA) is 56.6 Å². The van der Waals surface area contributed by atoms with Crippen LogP contribution in [0.15, 0.2) is 41.3 Å². The van der Waals surface area contributed by atoms with Gasteiger partial charge in [0, 0.05) is 21.2 Å². The quantitative estimate of drug-likeness (QED) is 0.373. The van der Waals surface area contributed by atoms with Gasteiger partial charge >= 0.3 is 6.09 Å². The average Bonchev–Trinajstić information content (AvgIpc) is 3.30. The van der Waals surface area contributed by atoms with Crippen LogP contribution < -0.4 is 0 Å². The Labute approximate surface area is 182 Å². The van der Waals surface area contributed by atoms with E-state index in [0.717, 1.165) is 41.5 Å². The Morgan fingerprint density at radius 3 is 2.76 bits per heavy atom. The third-order valence-electron chi connectivity index (χ3n) is 5.09. The second-order valence-electron chi connectivity index (χ2n) is 8.62. The van der Waals surface area contributed by atoms with Gasteiger partial charge in [-0.3, -0.25) is 9.47 Å². The van der Waals surface area contributed by atoms with E-state index in [1.165, 1.54) is 0 Å². The molecule has 0 saturated carbocycles. The summed E-state index contributed by atoms with van der Waals surface area (Å²) in [6.45, 7) is 9.17. The van der Waals surface area contributed by atoms with Gasteiger partial charge in [0.2, 0.25) is 0 Å². The number of carbonyl (C=O) groups excluding carboxylic acids is 1. The van der Waals surface area contributed by atoms with E-state index in [1.54, 1.807) is 0 Å². The molecule has 1 aliphatic heterocycles. The van der Waals surface area contributed by atoms with Crippen LogP contribution in [0.4, 0.5) is 4.79 Å². The molecule has 0 radical (unpaired) electrons. The van der Waals surface area contributed by atoms with Crippen molar-refractivity contribution in [3.05, 3.63) is 52.5 Å². The molecule has 1 aromatic heterocycles. The summed E-state index contributed by atoms with van der Waals surface area (Å²) in [7, 11) is -1.13. The number of carbonyl (C=O) groups is 1. The van der Waals surface area contributed by atoms with Crippen LogP contribution in [-0.4, -0.2) is 41.8 Å². The highest BCUT2D eigenvalue weighted by Gasteiger charge is 2.33. The van der Waals surface area contributed by atoms with Crippen LogP contribution in [0.25, 0.3) is 0 Å². The van der Waals surface area contributed by atoms with Crippen molar-refractivity contribution in [2.75, 3.05) is 13.2 Å². The van der Waals surface area contributed by atoms with E-state index in [-0.39, 0.29) is 18.7 Å². The lowest BCUT2D eigenvalue weighted by Gasteiger charge is -2.25. The van der Waals surface area contributed by atoms with E-state index in [2.05, 4.69) is 40.6 Å². The molecule has 0 aliphatic carbocycles. The van der Waals surface area contributed by atoms with Crippen molar-refractivity contribution in [3.8, 4) is 0 Å². The zero-order valence-electron chi connectivity index (χ0n) is 17.4. The number of hydrogen-bond donors (Lipinski definition) is 0. The smallest absolute Gasteiger partial charge is 0.410 e. The second-order valence-corrected chi connectivity index (χ2v) is 15.0. The molecule has 0 bridgehead atoms. The molecule has 1 saturated heterocycles. The van der Waals surface area contributed by atoms with Crippen LogP contribution in [0.1, 0.15) is 30.1 Å². The maximum absolute atomic E-state index is 12.7. The number of ether oxygens (including phenoxy) is 2. The summed E-state index contributed by atoms with van der Waals surface area (Å²) >= 11 is 3.52. The van der Waals surface area contributed by atoms with Crippen molar-refractivity contribution in [3.63, 3.8) is 0 Å². The molecule has 1 aromatic carbocycles. The first-order valence-electron chi connectivity index (χ1n) is 10.1. The van der Waals surface area contributed by atoms with Crippen molar-refractivity contribution < 1.29 is 14.3 Å². The molecule has 1 amide bonds. The Hall–Kier alpha value is -1.64. The van der Waals surface area contributed by atoms with Gasteiger partial charge in [-0.05, 0) is 40.4 Å². The fourth-order valence-electron chi connectivity index (χ4n) is 3.39. The van der Waals surface area contributed by atoms with Crippen LogP contribution in [0.2, 0.25) is 25.7 Å². The van der Waals surface area contributed by atoms with Gasteiger partial charge < -0.3 is 9.47 Å². The number of nitrogens with zero attached hydrogens (tertiary/aromatic N) is 3. The minimum Gasteiger partial charge on any atom is -0.445 e. The van der Waals surface area contributed by atoms with Crippen molar-refractivity contribution in [2.45, 2.75) is 57.9 Å². The Balaban J connectivity index is 1.62. The summed E-state index contributed by atoms with van der Waals surface area (Å²) < 4.78 is 14.2. The number of benzene rings is 1.